The first-order valence-electron chi connectivity index (χ1n) is 6.32. The maximum absolute atomic E-state index is 6.21. The highest BCUT2D eigenvalue weighted by Crippen LogP contribution is 2.37. The lowest BCUT2D eigenvalue weighted by atomic mass is 10.2. The average molecular weight is 321 g/mol. The number of rotatable bonds is 4. The summed E-state index contributed by atoms with van der Waals surface area (Å²) >= 11 is 7.70. The average Bonchev–Trinajstić information content (AvgIpc) is 3.10. The second-order valence-corrected chi connectivity index (χ2v) is 6.15. The van der Waals surface area contributed by atoms with E-state index in [4.69, 9.17) is 21.9 Å². The predicted molar refractivity (Wildman–Crippen MR) is 83.6 cm³/mol. The Bertz CT molecular complexity index is 741. The minimum absolute atomic E-state index is 0.106. The molecule has 0 bridgehead atoms. The fraction of sp³-hybridized carbons (Fsp3) is 0.143. The highest BCUT2D eigenvalue weighted by atomic mass is 35.5. The summed E-state index contributed by atoms with van der Waals surface area (Å²) in [5.41, 5.74) is 1.03. The molecular formula is C14H13ClN4OS. The molecule has 0 fully saturated rings. The van der Waals surface area contributed by atoms with E-state index >= 15 is 0 Å². The molecule has 0 aliphatic carbocycles. The van der Waals surface area contributed by atoms with Crippen molar-refractivity contribution in [3.8, 4) is 11.6 Å². The Morgan fingerprint density at radius 1 is 1.24 bits per heavy atom. The van der Waals surface area contributed by atoms with Crippen LogP contribution in [0.15, 0.2) is 52.2 Å². The molecule has 3 rings (SSSR count). The van der Waals surface area contributed by atoms with Crippen molar-refractivity contribution in [1.82, 2.24) is 14.9 Å². The summed E-state index contributed by atoms with van der Waals surface area (Å²) in [5.74, 6) is 7.12. The van der Waals surface area contributed by atoms with Gasteiger partial charge in [-0.3, -0.25) is 0 Å². The topological polar surface area (TPSA) is 69.9 Å². The predicted octanol–water partition coefficient (Wildman–Crippen LogP) is 3.76. The van der Waals surface area contributed by atoms with E-state index in [2.05, 4.69) is 10.2 Å². The fourth-order valence-electron chi connectivity index (χ4n) is 1.96. The van der Waals surface area contributed by atoms with Gasteiger partial charge in [0.15, 0.2) is 5.76 Å². The highest BCUT2D eigenvalue weighted by Gasteiger charge is 2.18. The van der Waals surface area contributed by atoms with Gasteiger partial charge in [-0.15, -0.1) is 10.2 Å². The van der Waals surface area contributed by atoms with Crippen LogP contribution in [0.2, 0.25) is 5.02 Å². The molecule has 3 aromatic rings. The van der Waals surface area contributed by atoms with Gasteiger partial charge in [0.1, 0.15) is 0 Å². The number of aromatic nitrogens is 3. The molecule has 0 radical (unpaired) electrons. The number of nitrogen functional groups attached to an aromatic ring is 1. The standard InChI is InChI=1S/C14H13ClN4OS/c1-9(10-5-2-3-6-11(10)15)21-14-18-17-13(19(14)16)12-7-4-8-20-12/h2-9H,16H2,1H3/t9-/m1/s1. The van der Waals surface area contributed by atoms with Crippen molar-refractivity contribution in [2.75, 3.05) is 5.84 Å². The van der Waals surface area contributed by atoms with Crippen molar-refractivity contribution in [2.24, 2.45) is 0 Å². The van der Waals surface area contributed by atoms with Crippen LogP contribution in [0, 0.1) is 0 Å². The van der Waals surface area contributed by atoms with Gasteiger partial charge in [0.25, 0.3) is 0 Å². The smallest absolute Gasteiger partial charge is 0.218 e. The van der Waals surface area contributed by atoms with E-state index in [9.17, 15) is 0 Å². The molecular weight excluding hydrogens is 308 g/mol. The second kappa shape index (κ2) is 5.83. The molecule has 0 saturated carbocycles. The molecule has 0 aliphatic heterocycles. The van der Waals surface area contributed by atoms with Crippen LogP contribution in [0.5, 0.6) is 0 Å². The van der Waals surface area contributed by atoms with Crippen LogP contribution < -0.4 is 5.84 Å². The molecule has 0 aliphatic rings. The minimum Gasteiger partial charge on any atom is -0.461 e. The summed E-state index contributed by atoms with van der Waals surface area (Å²) < 4.78 is 6.72. The van der Waals surface area contributed by atoms with Gasteiger partial charge in [-0.1, -0.05) is 41.6 Å². The number of nitrogens with two attached hydrogens (primary N) is 1. The van der Waals surface area contributed by atoms with E-state index in [0.29, 0.717) is 16.7 Å². The van der Waals surface area contributed by atoms with Gasteiger partial charge in [0, 0.05) is 10.3 Å². The highest BCUT2D eigenvalue weighted by molar-refractivity contribution is 7.99. The summed E-state index contributed by atoms with van der Waals surface area (Å²) in [4.78, 5) is 0. The molecule has 108 valence electrons. The first-order chi connectivity index (χ1) is 10.2. The maximum Gasteiger partial charge on any atom is 0.218 e. The van der Waals surface area contributed by atoms with E-state index in [1.807, 2.05) is 31.2 Å². The van der Waals surface area contributed by atoms with Gasteiger partial charge < -0.3 is 10.3 Å². The zero-order valence-corrected chi connectivity index (χ0v) is 12.8. The first kappa shape index (κ1) is 14.0. The number of furan rings is 1. The Hall–Kier alpha value is -1.92. The molecule has 0 amide bonds. The van der Waals surface area contributed by atoms with Crippen LogP contribution in [0.25, 0.3) is 11.6 Å². The molecule has 7 heteroatoms. The van der Waals surface area contributed by atoms with Crippen molar-refractivity contribution < 1.29 is 4.42 Å². The molecule has 5 nitrogen and oxygen atoms in total. The summed E-state index contributed by atoms with van der Waals surface area (Å²) in [6, 6.07) is 11.3. The number of halogens is 1. The Morgan fingerprint density at radius 3 is 2.76 bits per heavy atom. The van der Waals surface area contributed by atoms with Crippen molar-refractivity contribution in [3.63, 3.8) is 0 Å². The third kappa shape index (κ3) is 2.77. The lowest BCUT2D eigenvalue weighted by Crippen LogP contribution is -2.11. The van der Waals surface area contributed by atoms with Gasteiger partial charge in [0.2, 0.25) is 11.0 Å². The van der Waals surface area contributed by atoms with E-state index in [1.54, 1.807) is 18.4 Å². The number of nitrogens with zero attached hydrogens (tertiary/aromatic N) is 3. The van der Waals surface area contributed by atoms with Crippen LogP contribution in [0.1, 0.15) is 17.7 Å². The molecule has 0 spiro atoms. The summed E-state index contributed by atoms with van der Waals surface area (Å²) in [6.45, 7) is 2.05. The molecule has 1 aromatic carbocycles. The van der Waals surface area contributed by atoms with Gasteiger partial charge in [0.05, 0.1) is 6.26 Å². The molecule has 2 heterocycles. The van der Waals surface area contributed by atoms with Crippen LogP contribution in [-0.4, -0.2) is 14.9 Å². The largest absolute Gasteiger partial charge is 0.461 e. The van der Waals surface area contributed by atoms with Crippen molar-refractivity contribution in [1.29, 1.82) is 0 Å². The third-order valence-corrected chi connectivity index (χ3v) is 4.47. The zero-order valence-electron chi connectivity index (χ0n) is 11.2. The van der Waals surface area contributed by atoms with Crippen LogP contribution in [0.3, 0.4) is 0 Å². The summed E-state index contributed by atoms with van der Waals surface area (Å²) in [6.07, 6.45) is 1.57. The SMILES string of the molecule is C[C@@H](Sc1nnc(-c2ccco2)n1N)c1ccccc1Cl. The van der Waals surface area contributed by atoms with Crippen molar-refractivity contribution >= 4 is 23.4 Å². The maximum atomic E-state index is 6.21. The lowest BCUT2D eigenvalue weighted by molar-refractivity contribution is 0.574. The lowest BCUT2D eigenvalue weighted by Gasteiger charge is -2.12. The summed E-state index contributed by atoms with van der Waals surface area (Å²) in [7, 11) is 0. The molecule has 21 heavy (non-hydrogen) atoms. The zero-order chi connectivity index (χ0) is 14.8. The van der Waals surface area contributed by atoms with Gasteiger partial charge in [-0.2, -0.15) is 0 Å². The van der Waals surface area contributed by atoms with Crippen LogP contribution in [0.4, 0.5) is 0 Å². The second-order valence-electron chi connectivity index (χ2n) is 4.44. The van der Waals surface area contributed by atoms with Crippen molar-refractivity contribution in [2.45, 2.75) is 17.3 Å². The molecule has 0 saturated heterocycles. The van der Waals surface area contributed by atoms with Gasteiger partial charge in [-0.05, 0) is 30.7 Å². The third-order valence-electron chi connectivity index (χ3n) is 3.03. The number of benzene rings is 1. The van der Waals surface area contributed by atoms with E-state index in [-0.39, 0.29) is 5.25 Å². The molecule has 2 N–H and O–H groups in total. The monoisotopic (exact) mass is 320 g/mol. The quantitative estimate of drug-likeness (QED) is 0.585. The van der Waals surface area contributed by atoms with E-state index in [1.165, 1.54) is 16.4 Å². The molecule has 0 unspecified atom stereocenters. The molecule has 2 aromatic heterocycles. The summed E-state index contributed by atoms with van der Waals surface area (Å²) in [5, 5.41) is 9.62. The van der Waals surface area contributed by atoms with E-state index < -0.39 is 0 Å². The van der Waals surface area contributed by atoms with Gasteiger partial charge >= 0.3 is 0 Å². The Morgan fingerprint density at radius 2 is 2.05 bits per heavy atom. The molecule has 1 atom stereocenters. The normalized spacial score (nSPS) is 12.5. The number of thioether (sulfide) groups is 1. The Balaban J connectivity index is 1.85. The van der Waals surface area contributed by atoms with Gasteiger partial charge in [-0.25, -0.2) is 4.68 Å². The Kier molecular flexibility index (Phi) is 3.90. The fourth-order valence-corrected chi connectivity index (χ4v) is 3.26. The van der Waals surface area contributed by atoms with Crippen LogP contribution >= 0.6 is 23.4 Å². The minimum atomic E-state index is 0.106. The first-order valence-corrected chi connectivity index (χ1v) is 7.58. The number of hydrogen-bond donors (Lipinski definition) is 1. The number of hydrogen-bond acceptors (Lipinski definition) is 5. The van der Waals surface area contributed by atoms with Crippen molar-refractivity contribution in [3.05, 3.63) is 53.2 Å². The van der Waals surface area contributed by atoms with E-state index in [0.717, 1.165) is 10.6 Å². The van der Waals surface area contributed by atoms with Crippen LogP contribution in [-0.2, 0) is 0 Å². The Labute approximate surface area is 131 Å².